The van der Waals surface area contributed by atoms with Gasteiger partial charge in [-0.15, -0.1) is 0 Å². The van der Waals surface area contributed by atoms with Crippen LogP contribution in [0.1, 0.15) is 22.3 Å². The van der Waals surface area contributed by atoms with E-state index in [1.807, 2.05) is 57.2 Å². The van der Waals surface area contributed by atoms with Gasteiger partial charge in [0.25, 0.3) is 0 Å². The van der Waals surface area contributed by atoms with Crippen LogP contribution in [0, 0.1) is 20.8 Å². The van der Waals surface area contributed by atoms with E-state index in [0.29, 0.717) is 5.69 Å². The maximum atomic E-state index is 13.3. The molecule has 0 aromatic heterocycles. The van der Waals surface area contributed by atoms with Crippen molar-refractivity contribution in [2.24, 2.45) is 0 Å². The Bertz CT molecular complexity index is 1150. The van der Waals surface area contributed by atoms with Crippen molar-refractivity contribution in [2.45, 2.75) is 32.2 Å². The van der Waals surface area contributed by atoms with Gasteiger partial charge in [-0.05, 0) is 61.7 Å². The lowest BCUT2D eigenvalue weighted by molar-refractivity contribution is -0.116. The fraction of sp³-hybridized carbons (Fsp3) is 0.208. The van der Waals surface area contributed by atoms with E-state index in [2.05, 4.69) is 21.2 Å². The quantitative estimate of drug-likeness (QED) is 0.484. The Balaban J connectivity index is 1.89. The first-order valence-corrected chi connectivity index (χ1v) is 12.1. The minimum atomic E-state index is -3.86. The van der Waals surface area contributed by atoms with Crippen LogP contribution in [-0.2, 0) is 21.4 Å². The summed E-state index contributed by atoms with van der Waals surface area (Å²) in [6.07, 6.45) is 0. The molecule has 3 aromatic carbocycles. The molecular formula is C24H25BrN2O3S. The van der Waals surface area contributed by atoms with E-state index in [9.17, 15) is 13.2 Å². The number of nitrogens with one attached hydrogen (secondary N) is 1. The van der Waals surface area contributed by atoms with Gasteiger partial charge in [-0.3, -0.25) is 4.79 Å². The average Bonchev–Trinajstić information content (AvgIpc) is 2.72. The van der Waals surface area contributed by atoms with Crippen LogP contribution in [0.15, 0.2) is 76.1 Å². The van der Waals surface area contributed by atoms with Crippen molar-refractivity contribution in [1.29, 1.82) is 0 Å². The van der Waals surface area contributed by atoms with Crippen molar-refractivity contribution in [3.63, 3.8) is 0 Å². The van der Waals surface area contributed by atoms with Gasteiger partial charge < -0.3 is 5.32 Å². The van der Waals surface area contributed by atoms with E-state index < -0.39 is 10.0 Å². The molecule has 0 bridgehead atoms. The third-order valence-corrected chi connectivity index (χ3v) is 7.21. The molecule has 1 amide bonds. The molecule has 0 aliphatic heterocycles. The highest BCUT2D eigenvalue weighted by Gasteiger charge is 2.27. The Morgan fingerprint density at radius 3 is 2.10 bits per heavy atom. The molecule has 0 saturated heterocycles. The summed E-state index contributed by atoms with van der Waals surface area (Å²) in [5, 5.41) is 2.89. The number of benzene rings is 3. The van der Waals surface area contributed by atoms with E-state index in [1.54, 1.807) is 30.3 Å². The molecule has 0 aliphatic carbocycles. The monoisotopic (exact) mass is 500 g/mol. The molecule has 0 radical (unpaired) electrons. The molecule has 0 unspecified atom stereocenters. The number of hydrogen-bond acceptors (Lipinski definition) is 3. The number of carbonyl (C=O) groups is 1. The van der Waals surface area contributed by atoms with Gasteiger partial charge in [-0.2, -0.15) is 4.31 Å². The van der Waals surface area contributed by atoms with Gasteiger partial charge in [0, 0.05) is 16.7 Å². The van der Waals surface area contributed by atoms with Crippen LogP contribution in [0.5, 0.6) is 0 Å². The van der Waals surface area contributed by atoms with Crippen LogP contribution in [0.4, 0.5) is 5.69 Å². The molecular weight excluding hydrogens is 476 g/mol. The summed E-state index contributed by atoms with van der Waals surface area (Å²) in [5.74, 6) is -0.389. The first-order chi connectivity index (χ1) is 14.7. The maximum absolute atomic E-state index is 13.3. The van der Waals surface area contributed by atoms with Gasteiger partial charge in [-0.1, -0.05) is 64.0 Å². The highest BCUT2D eigenvalue weighted by Crippen LogP contribution is 2.25. The minimum Gasteiger partial charge on any atom is -0.324 e. The van der Waals surface area contributed by atoms with Crippen molar-refractivity contribution < 1.29 is 13.2 Å². The SMILES string of the molecule is Cc1ccc(CN(CC(=O)Nc2c(C)cc(Br)cc2C)S(=O)(=O)c2ccccc2)cc1. The summed E-state index contributed by atoms with van der Waals surface area (Å²) in [6, 6.07) is 19.6. The van der Waals surface area contributed by atoms with Gasteiger partial charge >= 0.3 is 0 Å². The van der Waals surface area contributed by atoms with Crippen molar-refractivity contribution in [2.75, 3.05) is 11.9 Å². The van der Waals surface area contributed by atoms with Gasteiger partial charge in [0.1, 0.15) is 0 Å². The molecule has 5 nitrogen and oxygen atoms in total. The van der Waals surface area contributed by atoms with Gasteiger partial charge in [-0.25, -0.2) is 8.42 Å². The van der Waals surface area contributed by atoms with E-state index in [1.165, 1.54) is 4.31 Å². The molecule has 0 fully saturated rings. The van der Waals surface area contributed by atoms with Gasteiger partial charge in [0.05, 0.1) is 11.4 Å². The Morgan fingerprint density at radius 2 is 1.52 bits per heavy atom. The zero-order chi connectivity index (χ0) is 22.6. The number of amides is 1. The zero-order valence-corrected chi connectivity index (χ0v) is 20.1. The van der Waals surface area contributed by atoms with E-state index in [-0.39, 0.29) is 23.9 Å². The third-order valence-electron chi connectivity index (χ3n) is 4.94. The summed E-state index contributed by atoms with van der Waals surface area (Å²) in [7, 11) is -3.86. The Labute approximate surface area is 192 Å². The van der Waals surface area contributed by atoms with Crippen LogP contribution in [0.25, 0.3) is 0 Å². The minimum absolute atomic E-state index is 0.100. The number of anilines is 1. The van der Waals surface area contributed by atoms with Crippen LogP contribution in [-0.4, -0.2) is 25.2 Å². The fourth-order valence-electron chi connectivity index (χ4n) is 3.31. The number of sulfonamides is 1. The normalized spacial score (nSPS) is 11.5. The molecule has 7 heteroatoms. The van der Waals surface area contributed by atoms with Crippen LogP contribution < -0.4 is 5.32 Å². The van der Waals surface area contributed by atoms with Crippen molar-refractivity contribution in [3.8, 4) is 0 Å². The number of nitrogens with zero attached hydrogens (tertiary/aromatic N) is 1. The van der Waals surface area contributed by atoms with E-state index in [0.717, 1.165) is 26.7 Å². The zero-order valence-electron chi connectivity index (χ0n) is 17.7. The largest absolute Gasteiger partial charge is 0.324 e. The molecule has 3 aromatic rings. The number of carbonyl (C=O) groups excluding carboxylic acids is 1. The smallest absolute Gasteiger partial charge is 0.243 e. The van der Waals surface area contributed by atoms with Gasteiger partial charge in [0.15, 0.2) is 0 Å². The lowest BCUT2D eigenvalue weighted by Gasteiger charge is -2.23. The summed E-state index contributed by atoms with van der Waals surface area (Å²) < 4.78 is 28.8. The number of halogens is 1. The molecule has 0 atom stereocenters. The van der Waals surface area contributed by atoms with Gasteiger partial charge in [0.2, 0.25) is 15.9 Å². The molecule has 0 heterocycles. The predicted molar refractivity (Wildman–Crippen MR) is 127 cm³/mol. The molecule has 3 rings (SSSR count). The summed E-state index contributed by atoms with van der Waals surface area (Å²) >= 11 is 3.45. The molecule has 1 N–H and O–H groups in total. The Morgan fingerprint density at radius 1 is 0.935 bits per heavy atom. The molecule has 162 valence electrons. The standard InChI is InChI=1S/C24H25BrN2O3S/c1-17-9-11-20(12-10-17)15-27(31(29,30)22-7-5-4-6-8-22)16-23(28)26-24-18(2)13-21(25)14-19(24)3/h4-14H,15-16H2,1-3H3,(H,26,28). The molecule has 0 spiro atoms. The van der Waals surface area contributed by atoms with Crippen molar-refractivity contribution in [3.05, 3.63) is 93.5 Å². The van der Waals surface area contributed by atoms with Crippen LogP contribution in [0.3, 0.4) is 0 Å². The van der Waals surface area contributed by atoms with Crippen LogP contribution in [0.2, 0.25) is 0 Å². The second-order valence-corrected chi connectivity index (χ2v) is 10.4. The Hall–Kier alpha value is -2.48. The summed E-state index contributed by atoms with van der Waals surface area (Å²) in [6.45, 7) is 5.58. The van der Waals surface area contributed by atoms with E-state index >= 15 is 0 Å². The Kier molecular flexibility index (Phi) is 7.30. The lowest BCUT2D eigenvalue weighted by Crippen LogP contribution is -2.37. The number of hydrogen-bond donors (Lipinski definition) is 1. The highest BCUT2D eigenvalue weighted by atomic mass is 79.9. The fourth-order valence-corrected chi connectivity index (χ4v) is 5.40. The third kappa shape index (κ3) is 5.81. The highest BCUT2D eigenvalue weighted by molar-refractivity contribution is 9.10. The molecule has 0 saturated carbocycles. The van der Waals surface area contributed by atoms with Crippen molar-refractivity contribution >= 4 is 37.5 Å². The topological polar surface area (TPSA) is 66.5 Å². The molecule has 31 heavy (non-hydrogen) atoms. The second kappa shape index (κ2) is 9.77. The summed E-state index contributed by atoms with van der Waals surface area (Å²) in [4.78, 5) is 13.1. The summed E-state index contributed by atoms with van der Waals surface area (Å²) in [5.41, 5.74) is 4.39. The average molecular weight is 501 g/mol. The first kappa shape index (κ1) is 23.2. The first-order valence-electron chi connectivity index (χ1n) is 9.84. The maximum Gasteiger partial charge on any atom is 0.243 e. The number of rotatable bonds is 7. The van der Waals surface area contributed by atoms with Crippen molar-refractivity contribution in [1.82, 2.24) is 4.31 Å². The lowest BCUT2D eigenvalue weighted by atomic mass is 10.1. The van der Waals surface area contributed by atoms with E-state index in [4.69, 9.17) is 0 Å². The number of aryl methyl sites for hydroxylation is 3. The second-order valence-electron chi connectivity index (χ2n) is 7.53. The predicted octanol–water partition coefficient (Wildman–Crippen LogP) is 5.20. The molecule has 0 aliphatic rings. The van der Waals surface area contributed by atoms with Crippen LogP contribution >= 0.6 is 15.9 Å².